The first kappa shape index (κ1) is 45.9. The summed E-state index contributed by atoms with van der Waals surface area (Å²) in [6, 6.07) is 2.98. The van der Waals surface area contributed by atoms with Crippen LogP contribution < -0.4 is 0 Å². The number of ketones is 2. The standard InChI is InChI=1S/C43H66N4O10S/c1-12-33-43(9)37(47(41(52)57-43)19-15-14-18-46-23-30(44-24-46)32-17-16-20-58-32)27(5)34(48)25(3)22-42(8,53-11)38(28(6)35(49)29(7)39(51)55-33)56-40-36(50)31(45(10)13-2)21-26(4)54-40/h16-17,20,23-29,31,33,36-38,40,50H,12-15,18-19,21-22H2,1-11H3/t25-,26-,27+,28+,29-,31+,33-,36-,37+,38-,40+,42-,43-/m1/s1. The first-order valence-corrected chi connectivity index (χ1v) is 21.9. The van der Waals surface area contributed by atoms with Crippen molar-refractivity contribution in [1.29, 1.82) is 0 Å². The molecule has 2 aromatic rings. The van der Waals surface area contributed by atoms with E-state index in [4.69, 9.17) is 23.7 Å². The lowest BCUT2D eigenvalue weighted by atomic mass is 9.73. The Bertz CT molecular complexity index is 1720. The van der Waals surface area contributed by atoms with Crippen LogP contribution in [0, 0.1) is 23.7 Å². The summed E-state index contributed by atoms with van der Waals surface area (Å²) in [6.07, 6.45) is 1.18. The molecule has 2 aromatic heterocycles. The van der Waals surface area contributed by atoms with Crippen LogP contribution in [0.1, 0.15) is 94.4 Å². The number of hydrogen-bond donors (Lipinski definition) is 1. The second kappa shape index (κ2) is 19.0. The van der Waals surface area contributed by atoms with E-state index in [1.165, 1.54) is 14.0 Å². The molecule has 0 spiro atoms. The summed E-state index contributed by atoms with van der Waals surface area (Å²) in [5.74, 6) is -4.90. The summed E-state index contributed by atoms with van der Waals surface area (Å²) >= 11 is 1.63. The first-order chi connectivity index (χ1) is 27.4. The molecule has 1 N–H and O–H groups in total. The van der Waals surface area contributed by atoms with Gasteiger partial charge in [-0.2, -0.15) is 0 Å². The van der Waals surface area contributed by atoms with Gasteiger partial charge in [0.2, 0.25) is 0 Å². The third-order valence-electron chi connectivity index (χ3n) is 13.0. The number of nitrogens with zero attached hydrogens (tertiary/aromatic N) is 4. The minimum absolute atomic E-state index is 0.137. The SMILES string of the molecule is CC[C@H]1OC(=O)[C@H](C)C(=O)[C@H](C)[C@@H](O[C@@H]2O[C@H](C)C[C@H](N(C)CC)[C@H]2O)[C@](C)(OC)C[C@@H](C)C(=O)[C@H](C)[C@@H]2N(CCCCn3cnc(-c4cccs4)c3)C(=O)O[C@@]21C. The van der Waals surface area contributed by atoms with Crippen LogP contribution in [0.2, 0.25) is 0 Å². The number of likely N-dealkylation sites (N-methyl/N-ethyl adjacent to an activating group) is 1. The van der Waals surface area contributed by atoms with Crippen LogP contribution in [-0.4, -0.2) is 129 Å². The molecule has 0 bridgehead atoms. The summed E-state index contributed by atoms with van der Waals surface area (Å²) in [5, 5.41) is 13.6. The summed E-state index contributed by atoms with van der Waals surface area (Å²) in [4.78, 5) is 66.2. The lowest BCUT2D eigenvalue weighted by Crippen LogP contribution is -2.60. The number of esters is 1. The Morgan fingerprint density at radius 2 is 1.74 bits per heavy atom. The zero-order valence-corrected chi connectivity index (χ0v) is 37.0. The van der Waals surface area contributed by atoms with E-state index >= 15 is 0 Å². The highest BCUT2D eigenvalue weighted by Crippen LogP contribution is 2.43. The Hall–Kier alpha value is -3.21. The van der Waals surface area contributed by atoms with Gasteiger partial charge in [-0.25, -0.2) is 9.78 Å². The molecule has 58 heavy (non-hydrogen) atoms. The Kier molecular flexibility index (Phi) is 15.0. The molecule has 13 atom stereocenters. The lowest BCUT2D eigenvalue weighted by molar-refractivity contribution is -0.296. The number of aliphatic hydroxyl groups excluding tert-OH is 1. The van der Waals surface area contributed by atoms with E-state index in [0.717, 1.165) is 17.0 Å². The summed E-state index contributed by atoms with van der Waals surface area (Å²) in [7, 11) is 3.43. The molecule has 3 aliphatic rings. The van der Waals surface area contributed by atoms with Crippen molar-refractivity contribution in [1.82, 2.24) is 19.4 Å². The lowest BCUT2D eigenvalue weighted by Gasteiger charge is -2.47. The highest BCUT2D eigenvalue weighted by atomic mass is 32.1. The van der Waals surface area contributed by atoms with Gasteiger partial charge in [0.05, 0.1) is 40.7 Å². The van der Waals surface area contributed by atoms with Gasteiger partial charge >= 0.3 is 12.1 Å². The molecule has 5 rings (SSSR count). The van der Waals surface area contributed by atoms with E-state index in [2.05, 4.69) is 4.98 Å². The number of carbonyl (C=O) groups excluding carboxylic acids is 4. The van der Waals surface area contributed by atoms with Crippen LogP contribution in [0.4, 0.5) is 4.79 Å². The number of rotatable bonds is 12. The summed E-state index contributed by atoms with van der Waals surface area (Å²) in [6.45, 7) is 17.8. The van der Waals surface area contributed by atoms with Gasteiger partial charge in [-0.1, -0.05) is 40.7 Å². The quantitative estimate of drug-likeness (QED) is 0.152. The minimum Gasteiger partial charge on any atom is -0.458 e. The number of amides is 1. The maximum Gasteiger partial charge on any atom is 0.410 e. The van der Waals surface area contributed by atoms with E-state index in [1.54, 1.807) is 50.3 Å². The number of hydrogen-bond acceptors (Lipinski definition) is 13. The van der Waals surface area contributed by atoms with Crippen molar-refractivity contribution in [2.24, 2.45) is 23.7 Å². The fraction of sp³-hybridized carbons (Fsp3) is 0.744. The molecular weight excluding hydrogens is 765 g/mol. The van der Waals surface area contributed by atoms with Crippen LogP contribution in [-0.2, 0) is 44.6 Å². The number of aliphatic hydroxyl groups is 1. The van der Waals surface area contributed by atoms with Crippen molar-refractivity contribution in [3.63, 3.8) is 0 Å². The van der Waals surface area contributed by atoms with Gasteiger partial charge < -0.3 is 43.2 Å². The van der Waals surface area contributed by atoms with Gasteiger partial charge in [0.15, 0.2) is 17.7 Å². The second-order valence-electron chi connectivity index (χ2n) is 17.2. The molecule has 0 aromatic carbocycles. The van der Waals surface area contributed by atoms with Crippen LogP contribution in [0.25, 0.3) is 10.6 Å². The predicted molar refractivity (Wildman–Crippen MR) is 219 cm³/mol. The number of aryl methyl sites for hydroxylation is 1. The fourth-order valence-corrected chi connectivity index (χ4v) is 10.2. The van der Waals surface area contributed by atoms with Crippen molar-refractivity contribution < 1.29 is 48.0 Å². The Labute approximate surface area is 347 Å². The van der Waals surface area contributed by atoms with Crippen LogP contribution in [0.3, 0.4) is 0 Å². The number of ether oxygens (including phenoxy) is 5. The molecule has 0 radical (unpaired) electrons. The molecule has 5 heterocycles. The van der Waals surface area contributed by atoms with Crippen molar-refractivity contribution in [3.05, 3.63) is 30.0 Å². The number of carbonyl (C=O) groups is 4. The fourth-order valence-electron chi connectivity index (χ4n) is 9.48. The number of Topliss-reactive ketones (excluding diaryl/α,β-unsaturated/α-hetero) is 2. The van der Waals surface area contributed by atoms with E-state index in [0.29, 0.717) is 32.5 Å². The van der Waals surface area contributed by atoms with Gasteiger partial charge in [-0.15, -0.1) is 11.3 Å². The Morgan fingerprint density at radius 3 is 2.38 bits per heavy atom. The van der Waals surface area contributed by atoms with Gasteiger partial charge in [0, 0.05) is 50.2 Å². The van der Waals surface area contributed by atoms with E-state index in [1.807, 2.05) is 67.9 Å². The molecule has 0 unspecified atom stereocenters. The number of imidazole rings is 1. The monoisotopic (exact) mass is 830 g/mol. The van der Waals surface area contributed by atoms with Crippen molar-refractivity contribution >= 4 is 35.0 Å². The molecule has 14 nitrogen and oxygen atoms in total. The molecule has 324 valence electrons. The van der Waals surface area contributed by atoms with Crippen molar-refractivity contribution in [2.75, 3.05) is 27.2 Å². The zero-order valence-electron chi connectivity index (χ0n) is 36.2. The van der Waals surface area contributed by atoms with Crippen molar-refractivity contribution in [3.8, 4) is 10.6 Å². The second-order valence-corrected chi connectivity index (χ2v) is 18.1. The first-order valence-electron chi connectivity index (χ1n) is 21.0. The van der Waals surface area contributed by atoms with Crippen LogP contribution in [0.15, 0.2) is 30.0 Å². The minimum atomic E-state index is -1.39. The highest BCUT2D eigenvalue weighted by Gasteiger charge is 2.60. The van der Waals surface area contributed by atoms with Crippen molar-refractivity contribution in [2.45, 2.75) is 155 Å². The zero-order chi connectivity index (χ0) is 42.7. The number of cyclic esters (lactones) is 1. The van der Waals surface area contributed by atoms with Crippen LogP contribution in [0.5, 0.6) is 0 Å². The van der Waals surface area contributed by atoms with Gasteiger partial charge in [-0.3, -0.25) is 14.4 Å². The number of aromatic nitrogens is 2. The van der Waals surface area contributed by atoms with Crippen LogP contribution >= 0.6 is 11.3 Å². The number of fused-ring (bicyclic) bond motifs is 1. The third-order valence-corrected chi connectivity index (χ3v) is 13.9. The number of unbranched alkanes of at least 4 members (excludes halogenated alkanes) is 1. The largest absolute Gasteiger partial charge is 0.458 e. The topological polar surface area (TPSA) is 159 Å². The van der Waals surface area contributed by atoms with E-state index < -0.39 is 83.4 Å². The molecule has 3 fully saturated rings. The number of thiophene rings is 1. The smallest absolute Gasteiger partial charge is 0.410 e. The maximum absolute atomic E-state index is 14.7. The normalized spacial score (nSPS) is 36.8. The molecular formula is C43H66N4O10S. The van der Waals surface area contributed by atoms with E-state index in [-0.39, 0.29) is 30.8 Å². The molecule has 3 saturated heterocycles. The Morgan fingerprint density at radius 1 is 1.03 bits per heavy atom. The average Bonchev–Trinajstić information content (AvgIpc) is 3.96. The Balaban J connectivity index is 1.44. The highest BCUT2D eigenvalue weighted by molar-refractivity contribution is 7.13. The molecule has 15 heteroatoms. The maximum atomic E-state index is 14.7. The molecule has 0 aliphatic carbocycles. The van der Waals surface area contributed by atoms with Gasteiger partial charge in [0.25, 0.3) is 0 Å². The van der Waals surface area contributed by atoms with Gasteiger partial charge in [0.1, 0.15) is 23.9 Å². The third kappa shape index (κ3) is 9.39. The molecule has 3 aliphatic heterocycles. The molecule has 0 saturated carbocycles. The van der Waals surface area contributed by atoms with E-state index in [9.17, 15) is 24.3 Å². The predicted octanol–water partition coefficient (Wildman–Crippen LogP) is 5.99. The number of methoxy groups -OCH3 is 1. The molecule has 1 amide bonds. The average molecular weight is 831 g/mol. The summed E-state index contributed by atoms with van der Waals surface area (Å²) < 4.78 is 33.4. The summed E-state index contributed by atoms with van der Waals surface area (Å²) in [5.41, 5.74) is -1.74. The van der Waals surface area contributed by atoms with Gasteiger partial charge in [-0.05, 0) is 84.8 Å².